The molecule has 1 unspecified atom stereocenters. The zero-order valence-corrected chi connectivity index (χ0v) is 10.5. The molecule has 0 radical (unpaired) electrons. The first-order chi connectivity index (χ1) is 7.66. The van der Waals surface area contributed by atoms with Crippen molar-refractivity contribution in [2.75, 3.05) is 0 Å². The summed E-state index contributed by atoms with van der Waals surface area (Å²) in [6.07, 6.45) is 1.21. The quantitative estimate of drug-likeness (QED) is 0.843. The Morgan fingerprint density at radius 3 is 2.41 bits per heavy atom. The first kappa shape index (κ1) is 13.7. The van der Waals surface area contributed by atoms with Crippen LogP contribution in [-0.2, 0) is 4.79 Å². The Balaban J connectivity index is 0.00000144. The largest absolute Gasteiger partial charge is 0.324 e. The number of hydrazone groups is 1. The maximum atomic E-state index is 10.9. The van der Waals surface area contributed by atoms with Gasteiger partial charge in [-0.05, 0) is 18.1 Å². The number of carbonyl (C=O) groups is 1. The van der Waals surface area contributed by atoms with Crippen LogP contribution in [0.25, 0.3) is 0 Å². The highest BCUT2D eigenvalue weighted by Gasteiger charge is 2.13. The third-order valence-corrected chi connectivity index (χ3v) is 2.67. The van der Waals surface area contributed by atoms with Crippen molar-refractivity contribution in [2.45, 2.75) is 25.8 Å². The second-order valence-electron chi connectivity index (χ2n) is 4.00. The van der Waals surface area contributed by atoms with Crippen molar-refractivity contribution in [1.29, 1.82) is 0 Å². The Morgan fingerprint density at radius 1 is 1.29 bits per heavy atom. The molecule has 1 amide bonds. The molecule has 2 rings (SSSR count). The number of nitrogens with one attached hydrogen (secondary N) is 1. The van der Waals surface area contributed by atoms with Crippen LogP contribution in [0.4, 0.5) is 0 Å². The van der Waals surface area contributed by atoms with E-state index in [1.54, 1.807) is 0 Å². The van der Waals surface area contributed by atoms with E-state index < -0.39 is 0 Å². The Hall–Kier alpha value is -1.39. The van der Waals surface area contributed by atoms with Gasteiger partial charge in [-0.25, -0.2) is 5.43 Å². The fourth-order valence-electron chi connectivity index (χ4n) is 1.66. The molecule has 0 fully saturated rings. The number of nitrogens with two attached hydrogens (primary N) is 1. The highest BCUT2D eigenvalue weighted by molar-refractivity contribution is 6.04. The first-order valence-electron chi connectivity index (χ1n) is 5.38. The van der Waals surface area contributed by atoms with Crippen LogP contribution >= 0.6 is 12.4 Å². The second kappa shape index (κ2) is 5.80. The lowest BCUT2D eigenvalue weighted by atomic mass is 10.0. The molecule has 1 aliphatic heterocycles. The van der Waals surface area contributed by atoms with E-state index in [1.807, 2.05) is 31.2 Å². The molecule has 0 spiro atoms. The molecule has 1 aliphatic rings. The predicted molar refractivity (Wildman–Crippen MR) is 70.2 cm³/mol. The van der Waals surface area contributed by atoms with E-state index in [2.05, 4.69) is 10.5 Å². The van der Waals surface area contributed by atoms with Gasteiger partial charge >= 0.3 is 0 Å². The van der Waals surface area contributed by atoms with Crippen LogP contribution in [0.15, 0.2) is 29.4 Å². The number of benzene rings is 1. The number of amides is 1. The fourth-order valence-corrected chi connectivity index (χ4v) is 1.66. The van der Waals surface area contributed by atoms with E-state index in [0.29, 0.717) is 12.8 Å². The summed E-state index contributed by atoms with van der Waals surface area (Å²) in [4.78, 5) is 10.9. The van der Waals surface area contributed by atoms with Crippen LogP contribution in [0, 0.1) is 0 Å². The van der Waals surface area contributed by atoms with Crippen molar-refractivity contribution in [3.63, 3.8) is 0 Å². The summed E-state index contributed by atoms with van der Waals surface area (Å²) in [6, 6.07) is 8.03. The van der Waals surface area contributed by atoms with Gasteiger partial charge in [-0.3, -0.25) is 4.79 Å². The number of carbonyl (C=O) groups excluding carboxylic acids is 1. The fraction of sp³-hybridized carbons (Fsp3) is 0.333. The third-order valence-electron chi connectivity index (χ3n) is 2.67. The molecule has 1 heterocycles. The molecule has 4 nitrogen and oxygen atoms in total. The van der Waals surface area contributed by atoms with Gasteiger partial charge in [0.2, 0.25) is 5.91 Å². The Bertz CT molecular complexity index is 426. The molecule has 0 aliphatic carbocycles. The van der Waals surface area contributed by atoms with Gasteiger partial charge in [-0.15, -0.1) is 12.4 Å². The molecule has 3 N–H and O–H groups in total. The maximum absolute atomic E-state index is 10.9. The summed E-state index contributed by atoms with van der Waals surface area (Å²) in [6.45, 7) is 1.95. The lowest BCUT2D eigenvalue weighted by Gasteiger charge is -2.13. The van der Waals surface area contributed by atoms with Gasteiger partial charge in [0, 0.05) is 18.9 Å². The topological polar surface area (TPSA) is 67.5 Å². The van der Waals surface area contributed by atoms with E-state index >= 15 is 0 Å². The van der Waals surface area contributed by atoms with E-state index in [1.165, 1.54) is 0 Å². The normalized spacial score (nSPS) is 16.6. The minimum atomic E-state index is -0.0176. The standard InChI is InChI=1S/C12H15N3O.ClH/c1-8(13)9-2-4-10(5-3-9)11-6-7-12(16)15-14-11;/h2-5,8H,6-7,13H2,1H3,(H,15,16);1H. The van der Waals surface area contributed by atoms with Crippen molar-refractivity contribution in [3.05, 3.63) is 35.4 Å². The van der Waals surface area contributed by atoms with Crippen molar-refractivity contribution in [2.24, 2.45) is 10.8 Å². The van der Waals surface area contributed by atoms with Gasteiger partial charge in [-0.1, -0.05) is 24.3 Å². The smallest absolute Gasteiger partial charge is 0.240 e. The zero-order valence-electron chi connectivity index (χ0n) is 9.64. The SMILES string of the molecule is CC(N)c1ccc(C2=NNC(=O)CC2)cc1.Cl. The van der Waals surface area contributed by atoms with Gasteiger partial charge in [0.1, 0.15) is 0 Å². The van der Waals surface area contributed by atoms with E-state index in [-0.39, 0.29) is 24.4 Å². The monoisotopic (exact) mass is 253 g/mol. The van der Waals surface area contributed by atoms with Crippen LogP contribution in [0.2, 0.25) is 0 Å². The average Bonchev–Trinajstić information content (AvgIpc) is 2.30. The van der Waals surface area contributed by atoms with Crippen LogP contribution in [0.5, 0.6) is 0 Å². The molecular formula is C12H16ClN3O. The molecule has 1 atom stereocenters. The molecule has 0 saturated heterocycles. The highest BCUT2D eigenvalue weighted by Crippen LogP contribution is 2.14. The van der Waals surface area contributed by atoms with E-state index in [9.17, 15) is 4.79 Å². The highest BCUT2D eigenvalue weighted by atomic mass is 35.5. The second-order valence-corrected chi connectivity index (χ2v) is 4.00. The number of nitrogens with zero attached hydrogens (tertiary/aromatic N) is 1. The van der Waals surface area contributed by atoms with E-state index in [4.69, 9.17) is 5.73 Å². The first-order valence-corrected chi connectivity index (χ1v) is 5.38. The summed E-state index contributed by atoms with van der Waals surface area (Å²) in [5, 5.41) is 4.04. The molecule has 92 valence electrons. The van der Waals surface area contributed by atoms with Gasteiger partial charge in [0.25, 0.3) is 0 Å². The summed E-state index contributed by atoms with van der Waals surface area (Å²) in [5.41, 5.74) is 11.3. The minimum Gasteiger partial charge on any atom is -0.324 e. The summed E-state index contributed by atoms with van der Waals surface area (Å²) in [7, 11) is 0. The zero-order chi connectivity index (χ0) is 11.5. The van der Waals surface area contributed by atoms with Gasteiger partial charge in [-0.2, -0.15) is 5.10 Å². The summed E-state index contributed by atoms with van der Waals surface area (Å²) >= 11 is 0. The van der Waals surface area contributed by atoms with Gasteiger partial charge < -0.3 is 5.73 Å². The number of halogens is 1. The molecule has 1 aromatic rings. The van der Waals surface area contributed by atoms with Crippen LogP contribution in [0.3, 0.4) is 0 Å². The molecule has 17 heavy (non-hydrogen) atoms. The van der Waals surface area contributed by atoms with E-state index in [0.717, 1.165) is 16.8 Å². The van der Waals surface area contributed by atoms with Crippen LogP contribution in [0.1, 0.15) is 36.9 Å². The lowest BCUT2D eigenvalue weighted by molar-refractivity contribution is -0.121. The van der Waals surface area contributed by atoms with Crippen molar-refractivity contribution >= 4 is 24.0 Å². The molecule has 5 heteroatoms. The maximum Gasteiger partial charge on any atom is 0.240 e. The molecule has 0 saturated carbocycles. The predicted octanol–water partition coefficient (Wildman–Crippen LogP) is 1.74. The molecular weight excluding hydrogens is 238 g/mol. The number of hydrogen-bond donors (Lipinski definition) is 2. The summed E-state index contributed by atoms with van der Waals surface area (Å²) in [5.74, 6) is -0.0176. The van der Waals surface area contributed by atoms with Gasteiger partial charge in [0.15, 0.2) is 0 Å². The number of hydrogen-bond acceptors (Lipinski definition) is 3. The van der Waals surface area contributed by atoms with Crippen LogP contribution in [-0.4, -0.2) is 11.6 Å². The third kappa shape index (κ3) is 3.28. The summed E-state index contributed by atoms with van der Waals surface area (Å²) < 4.78 is 0. The Labute approximate surface area is 107 Å². The lowest BCUT2D eigenvalue weighted by Crippen LogP contribution is -2.25. The Kier molecular flexibility index (Phi) is 4.66. The van der Waals surface area contributed by atoms with Gasteiger partial charge in [0.05, 0.1) is 5.71 Å². The minimum absolute atomic E-state index is 0. The van der Waals surface area contributed by atoms with Crippen molar-refractivity contribution in [3.8, 4) is 0 Å². The molecule has 0 bridgehead atoms. The average molecular weight is 254 g/mol. The Morgan fingerprint density at radius 2 is 1.94 bits per heavy atom. The molecule has 0 aromatic heterocycles. The molecule has 1 aromatic carbocycles. The van der Waals surface area contributed by atoms with Crippen LogP contribution < -0.4 is 11.2 Å². The van der Waals surface area contributed by atoms with Crippen molar-refractivity contribution in [1.82, 2.24) is 5.43 Å². The number of rotatable bonds is 2. The van der Waals surface area contributed by atoms with Crippen molar-refractivity contribution < 1.29 is 4.79 Å².